The van der Waals surface area contributed by atoms with Gasteiger partial charge in [0, 0.05) is 43.2 Å². The summed E-state index contributed by atoms with van der Waals surface area (Å²) in [5.41, 5.74) is 6.35. The molecule has 114 valence electrons. The van der Waals surface area contributed by atoms with Crippen molar-refractivity contribution in [3.63, 3.8) is 0 Å². The molecular formula is C16H29N3O. The van der Waals surface area contributed by atoms with Crippen LogP contribution in [0.1, 0.15) is 52.4 Å². The van der Waals surface area contributed by atoms with Crippen LogP contribution in [0.2, 0.25) is 0 Å². The van der Waals surface area contributed by atoms with Crippen LogP contribution in [0.4, 0.5) is 0 Å². The molecule has 4 fully saturated rings. The molecular weight excluding hydrogens is 250 g/mol. The quantitative estimate of drug-likeness (QED) is 0.835. The van der Waals surface area contributed by atoms with E-state index in [1.807, 2.05) is 0 Å². The first kappa shape index (κ1) is 14.3. The Morgan fingerprint density at radius 1 is 0.950 bits per heavy atom. The Balaban J connectivity index is 1.63. The first-order valence-electron chi connectivity index (χ1n) is 8.27. The van der Waals surface area contributed by atoms with Crippen LogP contribution < -0.4 is 5.73 Å². The molecule has 1 amide bonds. The molecule has 20 heavy (non-hydrogen) atoms. The van der Waals surface area contributed by atoms with Gasteiger partial charge in [-0.25, -0.2) is 0 Å². The Bertz CT molecular complexity index is 361. The van der Waals surface area contributed by atoms with Crippen molar-refractivity contribution in [1.29, 1.82) is 0 Å². The Kier molecular flexibility index (Phi) is 3.57. The van der Waals surface area contributed by atoms with Gasteiger partial charge in [-0.1, -0.05) is 0 Å². The van der Waals surface area contributed by atoms with E-state index in [1.54, 1.807) is 0 Å². The summed E-state index contributed by atoms with van der Waals surface area (Å²) in [5, 5.41) is 0. The fourth-order valence-corrected chi connectivity index (χ4v) is 4.31. The molecule has 2 N–H and O–H groups in total. The highest BCUT2D eigenvalue weighted by molar-refractivity contribution is 5.83. The van der Waals surface area contributed by atoms with Gasteiger partial charge in [-0.15, -0.1) is 0 Å². The number of rotatable bonds is 2. The molecule has 0 aromatic heterocycles. The summed E-state index contributed by atoms with van der Waals surface area (Å²) in [6, 6.07) is 0.590. The largest absolute Gasteiger partial charge is 0.340 e. The van der Waals surface area contributed by atoms with E-state index in [0.29, 0.717) is 11.9 Å². The predicted molar refractivity (Wildman–Crippen MR) is 80.3 cm³/mol. The summed E-state index contributed by atoms with van der Waals surface area (Å²) in [5.74, 6) is 0.433. The topological polar surface area (TPSA) is 49.6 Å². The van der Waals surface area contributed by atoms with Crippen molar-refractivity contribution >= 4 is 5.91 Å². The van der Waals surface area contributed by atoms with Crippen LogP contribution in [0.25, 0.3) is 0 Å². The van der Waals surface area contributed by atoms with Crippen molar-refractivity contribution in [2.24, 2.45) is 11.1 Å². The number of carbonyl (C=O) groups excluding carboxylic acids is 1. The Morgan fingerprint density at radius 3 is 1.90 bits per heavy atom. The normalized spacial score (nSPS) is 38.5. The van der Waals surface area contributed by atoms with Crippen LogP contribution in [0.5, 0.6) is 0 Å². The number of fused-ring (bicyclic) bond motifs is 3. The molecule has 0 radical (unpaired) electrons. The predicted octanol–water partition coefficient (Wildman–Crippen LogP) is 1.59. The van der Waals surface area contributed by atoms with E-state index in [1.165, 1.54) is 0 Å². The number of hydrogen-bond donors (Lipinski definition) is 1. The fraction of sp³-hybridized carbons (Fsp3) is 0.938. The Hall–Kier alpha value is -0.610. The maximum atomic E-state index is 13.0. The van der Waals surface area contributed by atoms with Crippen LogP contribution in [0.3, 0.4) is 0 Å². The molecule has 4 nitrogen and oxygen atoms in total. The van der Waals surface area contributed by atoms with Gasteiger partial charge in [-0.05, 0) is 52.4 Å². The van der Waals surface area contributed by atoms with Crippen LogP contribution in [0, 0.1) is 5.41 Å². The van der Waals surface area contributed by atoms with Crippen molar-refractivity contribution in [1.82, 2.24) is 9.80 Å². The van der Waals surface area contributed by atoms with E-state index in [-0.39, 0.29) is 11.0 Å². The molecule has 0 atom stereocenters. The zero-order valence-electron chi connectivity index (χ0n) is 13.0. The van der Waals surface area contributed by atoms with Crippen LogP contribution in [0.15, 0.2) is 0 Å². The molecule has 1 saturated heterocycles. The zero-order valence-corrected chi connectivity index (χ0v) is 13.0. The number of amides is 1. The average molecular weight is 279 g/mol. The van der Waals surface area contributed by atoms with Crippen LogP contribution in [-0.2, 0) is 4.79 Å². The standard InChI is InChI=1S/C16H29N3O/c1-13(2)18-9-11-19(12-10-18)14(20)15-3-6-16(17,7-4-15)8-5-15/h13H,3-12,17H2,1-2H3. The van der Waals surface area contributed by atoms with E-state index in [4.69, 9.17) is 5.73 Å². The second-order valence-electron chi connectivity index (χ2n) is 7.56. The first-order chi connectivity index (χ1) is 9.44. The summed E-state index contributed by atoms with van der Waals surface area (Å²) >= 11 is 0. The van der Waals surface area contributed by atoms with Crippen molar-refractivity contribution in [2.45, 2.75) is 64.0 Å². The molecule has 0 aromatic carbocycles. The van der Waals surface area contributed by atoms with Gasteiger partial charge in [0.25, 0.3) is 0 Å². The molecule has 1 heterocycles. The Morgan fingerprint density at radius 2 is 1.45 bits per heavy atom. The lowest BCUT2D eigenvalue weighted by atomic mass is 9.57. The molecule has 0 unspecified atom stereocenters. The van der Waals surface area contributed by atoms with E-state index >= 15 is 0 Å². The molecule has 1 aliphatic heterocycles. The van der Waals surface area contributed by atoms with Crippen molar-refractivity contribution in [3.8, 4) is 0 Å². The molecule has 0 spiro atoms. The highest BCUT2D eigenvalue weighted by Crippen LogP contribution is 2.52. The third-order valence-corrected chi connectivity index (χ3v) is 6.09. The molecule has 2 bridgehead atoms. The van der Waals surface area contributed by atoms with Gasteiger partial charge < -0.3 is 10.6 Å². The van der Waals surface area contributed by atoms with Gasteiger partial charge in [0.2, 0.25) is 5.91 Å². The van der Waals surface area contributed by atoms with Crippen molar-refractivity contribution in [3.05, 3.63) is 0 Å². The maximum absolute atomic E-state index is 13.0. The highest BCUT2D eigenvalue weighted by Gasteiger charge is 2.52. The minimum atomic E-state index is -0.0544. The molecule has 3 aliphatic carbocycles. The monoisotopic (exact) mass is 279 g/mol. The minimum absolute atomic E-state index is 0.0539. The second-order valence-corrected chi connectivity index (χ2v) is 7.56. The molecule has 3 saturated carbocycles. The Labute approximate surface area is 122 Å². The van der Waals surface area contributed by atoms with E-state index < -0.39 is 0 Å². The van der Waals surface area contributed by atoms with Gasteiger partial charge in [0.15, 0.2) is 0 Å². The first-order valence-corrected chi connectivity index (χ1v) is 8.27. The van der Waals surface area contributed by atoms with E-state index in [9.17, 15) is 4.79 Å². The fourth-order valence-electron chi connectivity index (χ4n) is 4.31. The molecule has 4 rings (SSSR count). The van der Waals surface area contributed by atoms with Crippen LogP contribution >= 0.6 is 0 Å². The van der Waals surface area contributed by atoms with Crippen molar-refractivity contribution < 1.29 is 4.79 Å². The third kappa shape index (κ3) is 2.37. The molecule has 4 heteroatoms. The van der Waals surface area contributed by atoms with Gasteiger partial charge >= 0.3 is 0 Å². The molecule has 4 aliphatic rings. The van der Waals surface area contributed by atoms with Gasteiger partial charge in [-0.3, -0.25) is 9.69 Å². The van der Waals surface area contributed by atoms with Crippen molar-refractivity contribution in [2.75, 3.05) is 26.2 Å². The maximum Gasteiger partial charge on any atom is 0.228 e. The van der Waals surface area contributed by atoms with Gasteiger partial charge in [0.05, 0.1) is 0 Å². The lowest BCUT2D eigenvalue weighted by Crippen LogP contribution is -2.59. The number of piperazine rings is 1. The highest BCUT2D eigenvalue weighted by atomic mass is 16.2. The number of nitrogens with zero attached hydrogens (tertiary/aromatic N) is 2. The number of hydrogen-bond acceptors (Lipinski definition) is 3. The summed E-state index contributed by atoms with van der Waals surface area (Å²) in [6.45, 7) is 8.35. The summed E-state index contributed by atoms with van der Waals surface area (Å²) < 4.78 is 0. The van der Waals surface area contributed by atoms with Gasteiger partial charge in [-0.2, -0.15) is 0 Å². The summed E-state index contributed by atoms with van der Waals surface area (Å²) in [4.78, 5) is 17.6. The number of carbonyl (C=O) groups is 1. The SMILES string of the molecule is CC(C)N1CCN(C(=O)C23CCC(N)(CC2)CC3)CC1. The average Bonchev–Trinajstić information content (AvgIpc) is 2.48. The minimum Gasteiger partial charge on any atom is -0.340 e. The summed E-state index contributed by atoms with van der Waals surface area (Å²) in [6.07, 6.45) is 6.20. The lowest BCUT2D eigenvalue weighted by Gasteiger charge is -2.52. The van der Waals surface area contributed by atoms with E-state index in [2.05, 4.69) is 23.6 Å². The van der Waals surface area contributed by atoms with Gasteiger partial charge in [0.1, 0.15) is 0 Å². The van der Waals surface area contributed by atoms with E-state index in [0.717, 1.165) is 64.7 Å². The third-order valence-electron chi connectivity index (χ3n) is 6.09. The lowest BCUT2D eigenvalue weighted by molar-refractivity contribution is -0.151. The smallest absolute Gasteiger partial charge is 0.228 e. The van der Waals surface area contributed by atoms with Crippen LogP contribution in [-0.4, -0.2) is 53.5 Å². The molecule has 0 aromatic rings. The number of nitrogens with two attached hydrogens (primary N) is 1. The zero-order chi connectivity index (χ0) is 14.4. The second kappa shape index (κ2) is 4.99. The summed E-state index contributed by atoms with van der Waals surface area (Å²) in [7, 11) is 0.